The smallest absolute Gasteiger partial charge is 0.303 e. The van der Waals surface area contributed by atoms with Gasteiger partial charge in [-0.3, -0.25) is 13.9 Å². The molecular formula is C34H43N2O8S2+. The van der Waals surface area contributed by atoms with E-state index in [-0.39, 0.29) is 16.2 Å². The number of likely N-dealkylation sites (N-methyl/N-ethyl adjacent to an activating group) is 1. The SMILES string of the molecule is CCN1C(=CC=CC=CC2=[N+](CCCCCCC(=O)O)c3ccc(S(=O)(=O)O)cc3C2(C)C)C(C)(C)c2cc(S(=O)(=O)O)ccc21. The number of allylic oxidation sites excluding steroid dienone is 6. The van der Waals surface area contributed by atoms with Crippen molar-refractivity contribution in [3.63, 3.8) is 0 Å². The van der Waals surface area contributed by atoms with E-state index in [9.17, 15) is 30.7 Å². The number of rotatable bonds is 13. The Hall–Kier alpha value is -3.58. The molecule has 2 aromatic carbocycles. The van der Waals surface area contributed by atoms with Crippen LogP contribution in [0.3, 0.4) is 0 Å². The van der Waals surface area contributed by atoms with Crippen LogP contribution >= 0.6 is 0 Å². The molecule has 12 heteroatoms. The van der Waals surface area contributed by atoms with Gasteiger partial charge in [-0.2, -0.15) is 21.4 Å². The Bertz CT molecular complexity index is 1870. The molecule has 248 valence electrons. The van der Waals surface area contributed by atoms with E-state index in [1.54, 1.807) is 12.1 Å². The highest BCUT2D eigenvalue weighted by atomic mass is 32.2. The first kappa shape index (κ1) is 35.3. The van der Waals surface area contributed by atoms with Crippen LogP contribution in [0.4, 0.5) is 11.4 Å². The number of carboxylic acids is 1. The first-order chi connectivity index (χ1) is 21.4. The summed E-state index contributed by atoms with van der Waals surface area (Å²) >= 11 is 0. The molecule has 4 rings (SSSR count). The topological polar surface area (TPSA) is 152 Å². The number of hydrogen-bond acceptors (Lipinski definition) is 6. The highest BCUT2D eigenvalue weighted by Gasteiger charge is 2.45. The molecule has 0 saturated carbocycles. The van der Waals surface area contributed by atoms with E-state index in [2.05, 4.69) is 9.48 Å². The number of hydrogen-bond donors (Lipinski definition) is 3. The Morgan fingerprint density at radius 1 is 0.826 bits per heavy atom. The van der Waals surface area contributed by atoms with Crippen molar-refractivity contribution in [3.05, 3.63) is 83.6 Å². The van der Waals surface area contributed by atoms with Crippen LogP contribution in [-0.2, 0) is 35.9 Å². The summed E-state index contributed by atoms with van der Waals surface area (Å²) in [6, 6.07) is 9.31. The van der Waals surface area contributed by atoms with Gasteiger partial charge in [0.05, 0.1) is 15.2 Å². The van der Waals surface area contributed by atoms with Crippen LogP contribution in [0.5, 0.6) is 0 Å². The summed E-state index contributed by atoms with van der Waals surface area (Å²) in [6.07, 6.45) is 13.0. The molecule has 0 amide bonds. The van der Waals surface area contributed by atoms with Crippen LogP contribution in [0.2, 0.25) is 0 Å². The van der Waals surface area contributed by atoms with Crippen molar-refractivity contribution in [2.24, 2.45) is 0 Å². The Balaban J connectivity index is 1.63. The number of anilines is 1. The second-order valence-electron chi connectivity index (χ2n) is 12.7. The zero-order valence-corrected chi connectivity index (χ0v) is 28.5. The maximum absolute atomic E-state index is 11.9. The second-order valence-corrected chi connectivity index (χ2v) is 15.5. The van der Waals surface area contributed by atoms with Gasteiger partial charge in [0.15, 0.2) is 5.71 Å². The van der Waals surface area contributed by atoms with E-state index >= 15 is 0 Å². The van der Waals surface area contributed by atoms with E-state index in [0.29, 0.717) is 19.5 Å². The highest BCUT2D eigenvalue weighted by molar-refractivity contribution is 7.86. The first-order valence-electron chi connectivity index (χ1n) is 15.3. The van der Waals surface area contributed by atoms with Crippen LogP contribution in [-0.4, -0.2) is 60.4 Å². The fourth-order valence-electron chi connectivity index (χ4n) is 6.47. The largest absolute Gasteiger partial charge is 0.481 e. The molecule has 2 aliphatic heterocycles. The van der Waals surface area contributed by atoms with Crippen LogP contribution in [0, 0.1) is 0 Å². The average molecular weight is 672 g/mol. The number of carboxylic acid groups (broad SMARTS) is 1. The van der Waals surface area contributed by atoms with Crippen molar-refractivity contribution in [2.45, 2.75) is 87.3 Å². The molecule has 0 fully saturated rings. The lowest BCUT2D eigenvalue weighted by atomic mass is 9.81. The molecule has 2 heterocycles. The lowest BCUT2D eigenvalue weighted by Gasteiger charge is -2.25. The molecule has 0 bridgehead atoms. The van der Waals surface area contributed by atoms with Gasteiger partial charge in [-0.25, -0.2) is 0 Å². The first-order valence-corrected chi connectivity index (χ1v) is 18.2. The van der Waals surface area contributed by atoms with Gasteiger partial charge in [0.2, 0.25) is 5.69 Å². The van der Waals surface area contributed by atoms with Crippen molar-refractivity contribution in [1.29, 1.82) is 0 Å². The third-order valence-corrected chi connectivity index (χ3v) is 10.6. The number of unbranched alkanes of at least 4 members (excludes halogenated alkanes) is 3. The average Bonchev–Trinajstić information content (AvgIpc) is 3.31. The Kier molecular flexibility index (Phi) is 10.2. The monoisotopic (exact) mass is 671 g/mol. The number of aliphatic carboxylic acids is 1. The van der Waals surface area contributed by atoms with Crippen molar-refractivity contribution in [1.82, 2.24) is 0 Å². The Morgan fingerprint density at radius 3 is 2.04 bits per heavy atom. The lowest BCUT2D eigenvalue weighted by molar-refractivity contribution is -0.438. The lowest BCUT2D eigenvalue weighted by Crippen LogP contribution is -2.28. The Labute approximate surface area is 272 Å². The summed E-state index contributed by atoms with van der Waals surface area (Å²) in [5, 5.41) is 8.92. The number of fused-ring (bicyclic) bond motifs is 2. The third-order valence-electron chi connectivity index (χ3n) is 8.89. The summed E-state index contributed by atoms with van der Waals surface area (Å²) in [5.41, 5.74) is 4.19. The molecular weight excluding hydrogens is 629 g/mol. The van der Waals surface area contributed by atoms with Gasteiger partial charge in [0.1, 0.15) is 6.54 Å². The van der Waals surface area contributed by atoms with Crippen molar-refractivity contribution >= 4 is 43.3 Å². The minimum atomic E-state index is -4.38. The van der Waals surface area contributed by atoms with Crippen molar-refractivity contribution < 1.29 is 40.4 Å². The molecule has 3 N–H and O–H groups in total. The minimum Gasteiger partial charge on any atom is -0.481 e. The molecule has 0 aliphatic carbocycles. The maximum Gasteiger partial charge on any atom is 0.303 e. The zero-order valence-electron chi connectivity index (χ0n) is 26.9. The van der Waals surface area contributed by atoms with E-state index < -0.39 is 37.0 Å². The molecule has 0 spiro atoms. The fourth-order valence-corrected chi connectivity index (χ4v) is 7.48. The maximum atomic E-state index is 11.9. The van der Waals surface area contributed by atoms with Gasteiger partial charge >= 0.3 is 5.97 Å². The predicted octanol–water partition coefficient (Wildman–Crippen LogP) is 6.41. The molecule has 2 aliphatic rings. The van der Waals surface area contributed by atoms with E-state index in [0.717, 1.165) is 53.2 Å². The predicted molar refractivity (Wildman–Crippen MR) is 178 cm³/mol. The highest BCUT2D eigenvalue weighted by Crippen LogP contribution is 2.48. The third kappa shape index (κ3) is 7.20. The number of benzene rings is 2. The van der Waals surface area contributed by atoms with Crippen LogP contribution in [0.25, 0.3) is 0 Å². The van der Waals surface area contributed by atoms with E-state index in [1.807, 2.05) is 65.0 Å². The number of carbonyl (C=O) groups is 1. The molecule has 2 aromatic rings. The van der Waals surface area contributed by atoms with Gasteiger partial charge < -0.3 is 10.0 Å². The van der Waals surface area contributed by atoms with Gasteiger partial charge in [-0.05, 0) is 75.6 Å². The van der Waals surface area contributed by atoms with Gasteiger partial charge in [0.25, 0.3) is 20.2 Å². The molecule has 10 nitrogen and oxygen atoms in total. The van der Waals surface area contributed by atoms with Crippen LogP contribution in [0.1, 0.15) is 77.8 Å². The van der Waals surface area contributed by atoms with Crippen molar-refractivity contribution in [2.75, 3.05) is 18.0 Å². The minimum absolute atomic E-state index is 0.138. The number of nitrogens with zero attached hydrogens (tertiary/aromatic N) is 2. The summed E-state index contributed by atoms with van der Waals surface area (Å²) in [6.45, 7) is 11.4. The summed E-state index contributed by atoms with van der Waals surface area (Å²) in [7, 11) is -8.72. The molecule has 0 radical (unpaired) electrons. The standard InChI is InChI=1S/C34H42N2O8S2/c1-6-35-28-19-17-24(45(39,40)41)22-26(28)33(2,3)30(35)14-10-9-11-15-31-34(4,5)27-23-25(46(42,43)44)18-20-29(27)36(31)21-13-8-7-12-16-32(37)38/h9-11,14-15,17-20,22-23H,6-8,12-13,16,21H2,1-5H3,(H2-,37,38,39,40,41,42,43,44)/p+1. The molecule has 0 saturated heterocycles. The van der Waals surface area contributed by atoms with E-state index in [4.69, 9.17) is 5.11 Å². The fraction of sp³-hybridized carbons (Fsp3) is 0.412. The molecule has 0 unspecified atom stereocenters. The van der Waals surface area contributed by atoms with Gasteiger partial charge in [-0.1, -0.05) is 38.5 Å². The van der Waals surface area contributed by atoms with Crippen molar-refractivity contribution in [3.8, 4) is 0 Å². The zero-order chi connectivity index (χ0) is 34.1. The summed E-state index contributed by atoms with van der Waals surface area (Å²) in [5.74, 6) is -0.802. The van der Waals surface area contributed by atoms with Gasteiger partial charge in [-0.15, -0.1) is 0 Å². The summed E-state index contributed by atoms with van der Waals surface area (Å²) in [4.78, 5) is 12.7. The molecule has 0 atom stereocenters. The van der Waals surface area contributed by atoms with Crippen LogP contribution < -0.4 is 4.90 Å². The van der Waals surface area contributed by atoms with Crippen LogP contribution in [0.15, 0.2) is 82.3 Å². The van der Waals surface area contributed by atoms with Gasteiger partial charge in [0, 0.05) is 53.9 Å². The van der Waals surface area contributed by atoms with E-state index in [1.165, 1.54) is 24.3 Å². The molecule has 46 heavy (non-hydrogen) atoms. The Morgan fingerprint density at radius 2 is 1.43 bits per heavy atom. The second kappa shape index (κ2) is 13.3. The summed E-state index contributed by atoms with van der Waals surface area (Å²) < 4.78 is 68.9. The quantitative estimate of drug-likeness (QED) is 0.0950. The normalized spacial score (nSPS) is 18.2. The molecule has 0 aromatic heterocycles.